The Balaban J connectivity index is 0.00000289. The second-order valence-corrected chi connectivity index (χ2v) is 5.17. The summed E-state index contributed by atoms with van der Waals surface area (Å²) in [7, 11) is 0. The minimum Gasteiger partial charge on any atom is -0.352 e. The number of carbonyl (C=O) groups excluding carboxylic acids is 2. The molecule has 0 aromatic carbocycles. The predicted octanol–water partition coefficient (Wildman–Crippen LogP) is 1.71. The van der Waals surface area contributed by atoms with E-state index in [9.17, 15) is 9.59 Å². The number of hydrogen-bond acceptors (Lipinski definition) is 2. The van der Waals surface area contributed by atoms with E-state index >= 15 is 0 Å². The van der Waals surface area contributed by atoms with E-state index in [2.05, 4.69) is 11.9 Å². The Hall–Kier alpha value is -1.32. The molecular weight excluding hydrogens is 216 g/mol. The molecule has 0 unspecified atom stereocenters. The molecule has 0 aromatic heterocycles. The van der Waals surface area contributed by atoms with Gasteiger partial charge in [-0.15, -0.1) is 0 Å². The topological polar surface area (TPSA) is 49.4 Å². The highest BCUT2D eigenvalue weighted by atomic mass is 16.2. The molecule has 1 saturated carbocycles. The van der Waals surface area contributed by atoms with Gasteiger partial charge in [0.05, 0.1) is 0 Å². The Labute approximate surface area is 105 Å². The Morgan fingerprint density at radius 2 is 1.88 bits per heavy atom. The lowest BCUT2D eigenvalue weighted by Crippen LogP contribution is -2.55. The molecule has 1 aliphatic rings. The van der Waals surface area contributed by atoms with Gasteiger partial charge < -0.3 is 10.2 Å². The maximum absolute atomic E-state index is 12.2. The fourth-order valence-electron chi connectivity index (χ4n) is 2.15. The van der Waals surface area contributed by atoms with Crippen molar-refractivity contribution in [3.8, 4) is 0 Å². The lowest BCUT2D eigenvalue weighted by atomic mass is 10.1. The van der Waals surface area contributed by atoms with E-state index in [1.165, 1.54) is 6.08 Å². The first-order valence-electron chi connectivity index (χ1n) is 6.12. The van der Waals surface area contributed by atoms with Crippen LogP contribution in [-0.2, 0) is 9.59 Å². The summed E-state index contributed by atoms with van der Waals surface area (Å²) < 4.78 is 0. The van der Waals surface area contributed by atoms with Crippen LogP contribution in [0.2, 0.25) is 0 Å². The Bertz CT molecular complexity index is 336. The van der Waals surface area contributed by atoms with Crippen LogP contribution in [0.25, 0.3) is 0 Å². The maximum atomic E-state index is 12.2. The van der Waals surface area contributed by atoms with Crippen molar-refractivity contribution in [3.63, 3.8) is 0 Å². The van der Waals surface area contributed by atoms with Crippen molar-refractivity contribution in [2.75, 3.05) is 0 Å². The molecule has 0 aromatic rings. The number of rotatable bonds is 5. The van der Waals surface area contributed by atoms with Crippen LogP contribution in [0.1, 0.15) is 42.0 Å². The molecule has 0 aliphatic heterocycles. The fraction of sp³-hybridized carbons (Fsp3) is 0.692. The first-order valence-corrected chi connectivity index (χ1v) is 6.12. The number of nitrogens with zero attached hydrogens (tertiary/aromatic N) is 1. The van der Waals surface area contributed by atoms with Gasteiger partial charge in [-0.1, -0.05) is 6.58 Å². The number of nitrogens with one attached hydrogen (secondary N) is 1. The highest BCUT2D eigenvalue weighted by molar-refractivity contribution is 5.97. The van der Waals surface area contributed by atoms with Crippen molar-refractivity contribution in [1.82, 2.24) is 10.2 Å². The molecule has 1 fully saturated rings. The van der Waals surface area contributed by atoms with E-state index < -0.39 is 5.54 Å². The maximum Gasteiger partial charge on any atom is 0.247 e. The molecule has 0 heterocycles. The standard InChI is InChI=1S/C13H22N2O2.H2/c1-6-11(16)15(10(4)5)13(7-8-13)12(17)14-9(2)3;/h6,9-10H,1,7-8H2,2-5H3,(H,14,17);1H. The van der Waals surface area contributed by atoms with Gasteiger partial charge in [-0.3, -0.25) is 9.59 Å². The molecule has 1 rings (SSSR count). The molecule has 0 radical (unpaired) electrons. The van der Waals surface area contributed by atoms with Gasteiger partial charge in [-0.2, -0.15) is 0 Å². The van der Waals surface area contributed by atoms with Gasteiger partial charge in [-0.25, -0.2) is 0 Å². The second kappa shape index (κ2) is 4.90. The molecule has 0 atom stereocenters. The molecule has 17 heavy (non-hydrogen) atoms. The van der Waals surface area contributed by atoms with E-state index in [-0.39, 0.29) is 25.3 Å². The van der Waals surface area contributed by atoms with Crippen molar-refractivity contribution in [2.24, 2.45) is 0 Å². The summed E-state index contributed by atoms with van der Waals surface area (Å²) in [6, 6.07) is 0.0914. The van der Waals surface area contributed by atoms with Crippen LogP contribution in [0.5, 0.6) is 0 Å². The molecule has 98 valence electrons. The van der Waals surface area contributed by atoms with Crippen molar-refractivity contribution >= 4 is 11.8 Å². The Morgan fingerprint density at radius 1 is 1.35 bits per heavy atom. The summed E-state index contributed by atoms with van der Waals surface area (Å²) in [4.78, 5) is 25.7. The van der Waals surface area contributed by atoms with Gasteiger partial charge in [0.1, 0.15) is 5.54 Å². The largest absolute Gasteiger partial charge is 0.352 e. The summed E-state index contributed by atoms with van der Waals surface area (Å²) in [5.74, 6) is -0.215. The minimum absolute atomic E-state index is 0. The molecule has 0 saturated heterocycles. The highest BCUT2D eigenvalue weighted by Gasteiger charge is 2.56. The normalized spacial score (nSPS) is 16.8. The van der Waals surface area contributed by atoms with Gasteiger partial charge >= 0.3 is 0 Å². The van der Waals surface area contributed by atoms with Crippen LogP contribution in [0.15, 0.2) is 12.7 Å². The van der Waals surface area contributed by atoms with Gasteiger partial charge in [-0.05, 0) is 46.6 Å². The summed E-state index contributed by atoms with van der Waals surface area (Å²) in [5, 5.41) is 2.89. The summed E-state index contributed by atoms with van der Waals surface area (Å²) >= 11 is 0. The van der Waals surface area contributed by atoms with Gasteiger partial charge in [0.15, 0.2) is 0 Å². The zero-order chi connectivity index (χ0) is 13.2. The number of amides is 2. The van der Waals surface area contributed by atoms with E-state index in [4.69, 9.17) is 0 Å². The highest BCUT2D eigenvalue weighted by Crippen LogP contribution is 2.43. The van der Waals surface area contributed by atoms with Crippen molar-refractivity contribution in [3.05, 3.63) is 12.7 Å². The average molecular weight is 240 g/mol. The van der Waals surface area contributed by atoms with Crippen molar-refractivity contribution < 1.29 is 11.0 Å². The quantitative estimate of drug-likeness (QED) is 0.744. The van der Waals surface area contributed by atoms with Crippen LogP contribution in [0.3, 0.4) is 0 Å². The van der Waals surface area contributed by atoms with Crippen LogP contribution < -0.4 is 5.32 Å². The van der Waals surface area contributed by atoms with Crippen molar-refractivity contribution in [2.45, 2.75) is 58.2 Å². The van der Waals surface area contributed by atoms with Gasteiger partial charge in [0.2, 0.25) is 11.8 Å². The lowest BCUT2D eigenvalue weighted by molar-refractivity contribution is -0.141. The third-order valence-electron chi connectivity index (χ3n) is 2.96. The van der Waals surface area contributed by atoms with Gasteiger partial charge in [0.25, 0.3) is 0 Å². The van der Waals surface area contributed by atoms with Crippen LogP contribution >= 0.6 is 0 Å². The summed E-state index contributed by atoms with van der Waals surface area (Å²) in [5.41, 5.74) is -0.635. The summed E-state index contributed by atoms with van der Waals surface area (Å²) in [6.45, 7) is 11.2. The van der Waals surface area contributed by atoms with E-state index in [1.54, 1.807) is 4.90 Å². The van der Waals surface area contributed by atoms with E-state index in [1.807, 2.05) is 27.7 Å². The lowest BCUT2D eigenvalue weighted by Gasteiger charge is -2.34. The SMILES string of the molecule is C=CC(=O)N(C(C)C)C1(C(=O)NC(C)C)CC1.[HH]. The number of carbonyl (C=O) groups is 2. The smallest absolute Gasteiger partial charge is 0.247 e. The molecule has 1 N–H and O–H groups in total. The third-order valence-corrected chi connectivity index (χ3v) is 2.96. The molecule has 0 spiro atoms. The molecule has 1 aliphatic carbocycles. The average Bonchev–Trinajstić information content (AvgIpc) is 2.97. The minimum atomic E-state index is -0.635. The molecule has 4 heteroatoms. The van der Waals surface area contributed by atoms with Crippen LogP contribution in [0.4, 0.5) is 0 Å². The zero-order valence-electron chi connectivity index (χ0n) is 11.1. The Kier molecular flexibility index (Phi) is 3.96. The van der Waals surface area contributed by atoms with Gasteiger partial charge in [0, 0.05) is 13.5 Å². The number of hydrogen-bond donors (Lipinski definition) is 1. The zero-order valence-corrected chi connectivity index (χ0v) is 11.1. The second-order valence-electron chi connectivity index (χ2n) is 5.17. The Morgan fingerprint density at radius 3 is 2.18 bits per heavy atom. The van der Waals surface area contributed by atoms with Crippen molar-refractivity contribution in [1.29, 1.82) is 0 Å². The molecule has 2 amide bonds. The summed E-state index contributed by atoms with van der Waals surface area (Å²) in [6.07, 6.45) is 2.76. The molecule has 4 nitrogen and oxygen atoms in total. The first-order chi connectivity index (χ1) is 7.85. The van der Waals surface area contributed by atoms with Crippen LogP contribution in [-0.4, -0.2) is 34.3 Å². The van der Waals surface area contributed by atoms with Crippen LogP contribution in [0, 0.1) is 0 Å². The predicted molar refractivity (Wildman–Crippen MR) is 69.5 cm³/mol. The first kappa shape index (κ1) is 13.7. The monoisotopic (exact) mass is 240 g/mol. The fourth-order valence-corrected chi connectivity index (χ4v) is 2.15. The molecule has 0 bridgehead atoms. The third kappa shape index (κ3) is 2.68. The molecular formula is C13H24N2O2. The van der Waals surface area contributed by atoms with E-state index in [0.29, 0.717) is 0 Å². The van der Waals surface area contributed by atoms with E-state index in [0.717, 1.165) is 12.8 Å².